The van der Waals surface area contributed by atoms with E-state index in [0.29, 0.717) is 11.9 Å². The van der Waals surface area contributed by atoms with Gasteiger partial charge in [-0.2, -0.15) is 13.2 Å². The highest BCUT2D eigenvalue weighted by molar-refractivity contribution is 7.86. The average molecular weight is 538 g/mol. The van der Waals surface area contributed by atoms with Crippen molar-refractivity contribution in [3.05, 3.63) is 78.0 Å². The van der Waals surface area contributed by atoms with Gasteiger partial charge in [0.15, 0.2) is 11.0 Å². The summed E-state index contributed by atoms with van der Waals surface area (Å²) in [7, 11) is 2.42. The molecule has 1 fully saturated rings. The molecule has 2 unspecified atom stereocenters. The van der Waals surface area contributed by atoms with Gasteiger partial charge in [-0.25, -0.2) is 18.6 Å². The number of piperidine rings is 1. The Balaban J connectivity index is 0.000000266. The number of likely N-dealkylation sites (N-methyl/N-ethyl adjacent to an activating group) is 1. The number of nitrogens with zero attached hydrogens (tertiary/aromatic N) is 4. The van der Waals surface area contributed by atoms with Crippen LogP contribution in [0.3, 0.4) is 0 Å². The lowest BCUT2D eigenvalue weighted by Gasteiger charge is -2.37. The minimum Gasteiger partial charge on any atom is -0.370 e. The number of hydrogen-bond acceptors (Lipinski definition) is 5. The third-order valence-electron chi connectivity index (χ3n) is 6.08. The minimum atomic E-state index is -4.22. The molecule has 0 spiro atoms. The fourth-order valence-corrected chi connectivity index (χ4v) is 4.73. The first-order valence-corrected chi connectivity index (χ1v) is 13.0. The van der Waals surface area contributed by atoms with E-state index in [0.717, 1.165) is 55.7 Å². The fourth-order valence-electron chi connectivity index (χ4n) is 3.88. The van der Waals surface area contributed by atoms with Gasteiger partial charge in [0.2, 0.25) is 0 Å². The standard InChI is InChI=1S/C17H22FN5OS.C9H9F3/c1-22(2)14-4-3-9-23(11-14)13-5-6-16(15(18)10-13)25(24)21-17-7-8-19-12-20-17;1-2-7-3-5-8(6-4-7)9(10,11)12/h5-8,10,12,14H,3-4,9,11H2,1-2H3,(H,19,20,21);3-6H,2H2,1H3. The zero-order chi connectivity index (χ0) is 27.0. The van der Waals surface area contributed by atoms with Crippen molar-refractivity contribution in [1.82, 2.24) is 14.9 Å². The smallest absolute Gasteiger partial charge is 0.370 e. The molecular weight excluding hydrogens is 506 g/mol. The molecule has 0 amide bonds. The maximum Gasteiger partial charge on any atom is 0.416 e. The second-order valence-electron chi connectivity index (χ2n) is 8.83. The number of aryl methyl sites for hydroxylation is 1. The molecule has 200 valence electrons. The van der Waals surface area contributed by atoms with Gasteiger partial charge in [-0.3, -0.25) is 4.72 Å². The van der Waals surface area contributed by atoms with Crippen LogP contribution < -0.4 is 9.62 Å². The quantitative estimate of drug-likeness (QED) is 0.418. The van der Waals surface area contributed by atoms with Crippen molar-refractivity contribution in [2.75, 3.05) is 36.8 Å². The van der Waals surface area contributed by atoms with Gasteiger partial charge in [-0.1, -0.05) is 19.1 Å². The topological polar surface area (TPSA) is 61.4 Å². The van der Waals surface area contributed by atoms with Crippen LogP contribution in [0.15, 0.2) is 66.0 Å². The van der Waals surface area contributed by atoms with Crippen LogP contribution >= 0.6 is 0 Å². The molecule has 2 atom stereocenters. The molecule has 1 aliphatic rings. The number of aromatic nitrogens is 2. The highest BCUT2D eigenvalue weighted by atomic mass is 32.2. The Morgan fingerprint density at radius 1 is 1.14 bits per heavy atom. The molecule has 1 saturated heterocycles. The van der Waals surface area contributed by atoms with E-state index >= 15 is 0 Å². The monoisotopic (exact) mass is 537 g/mol. The van der Waals surface area contributed by atoms with Crippen LogP contribution in [0, 0.1) is 5.82 Å². The molecule has 0 radical (unpaired) electrons. The van der Waals surface area contributed by atoms with Gasteiger partial charge in [0.25, 0.3) is 0 Å². The molecule has 0 aliphatic carbocycles. The molecule has 1 N–H and O–H groups in total. The summed E-state index contributed by atoms with van der Waals surface area (Å²) in [4.78, 5) is 12.2. The van der Waals surface area contributed by atoms with E-state index in [2.05, 4.69) is 38.6 Å². The minimum absolute atomic E-state index is 0.114. The lowest BCUT2D eigenvalue weighted by Crippen LogP contribution is -2.45. The summed E-state index contributed by atoms with van der Waals surface area (Å²) in [6, 6.07) is 12.1. The average Bonchev–Trinajstić information content (AvgIpc) is 2.89. The first-order chi connectivity index (χ1) is 17.6. The first kappa shape index (κ1) is 28.5. The Hall–Kier alpha value is -3.05. The highest BCUT2D eigenvalue weighted by Crippen LogP contribution is 2.29. The molecule has 3 aromatic rings. The van der Waals surface area contributed by atoms with E-state index < -0.39 is 28.5 Å². The SMILES string of the molecule is CCc1ccc(C(F)(F)F)cc1.CN(C)C1CCCN(c2ccc(S(=O)Nc3ccncn3)c(F)c2)C1. The molecule has 6 nitrogen and oxygen atoms in total. The van der Waals surface area contributed by atoms with Crippen molar-refractivity contribution in [3.63, 3.8) is 0 Å². The summed E-state index contributed by atoms with van der Waals surface area (Å²) >= 11 is 0. The van der Waals surface area contributed by atoms with Crippen LogP contribution in [-0.2, 0) is 23.6 Å². The van der Waals surface area contributed by atoms with Crippen LogP contribution in [-0.4, -0.2) is 52.3 Å². The van der Waals surface area contributed by atoms with Crippen molar-refractivity contribution in [3.8, 4) is 0 Å². The summed E-state index contributed by atoms with van der Waals surface area (Å²) in [5, 5.41) is 0. The zero-order valence-corrected chi connectivity index (χ0v) is 21.8. The van der Waals surface area contributed by atoms with Gasteiger partial charge >= 0.3 is 6.18 Å². The van der Waals surface area contributed by atoms with Gasteiger partial charge in [-0.05, 0) is 75.3 Å². The summed E-state index contributed by atoms with van der Waals surface area (Å²) in [5.41, 5.74) is 1.16. The van der Waals surface area contributed by atoms with Gasteiger partial charge in [-0.15, -0.1) is 0 Å². The van der Waals surface area contributed by atoms with Gasteiger partial charge in [0.1, 0.15) is 18.0 Å². The Morgan fingerprint density at radius 2 is 1.86 bits per heavy atom. The maximum atomic E-state index is 14.5. The first-order valence-electron chi connectivity index (χ1n) is 11.9. The molecule has 11 heteroatoms. The fraction of sp³-hybridized carbons (Fsp3) is 0.385. The zero-order valence-electron chi connectivity index (χ0n) is 21.0. The lowest BCUT2D eigenvalue weighted by molar-refractivity contribution is -0.137. The van der Waals surface area contributed by atoms with E-state index in [1.54, 1.807) is 12.1 Å². The van der Waals surface area contributed by atoms with Crippen LogP contribution in [0.25, 0.3) is 0 Å². The van der Waals surface area contributed by atoms with Crippen LogP contribution in [0.2, 0.25) is 0 Å². The van der Waals surface area contributed by atoms with Crippen LogP contribution in [0.1, 0.15) is 30.9 Å². The molecule has 1 aromatic heterocycles. The molecular formula is C26H31F4N5OS. The summed E-state index contributed by atoms with van der Waals surface area (Å²) in [5.74, 6) is -0.0916. The largest absolute Gasteiger partial charge is 0.416 e. The Morgan fingerprint density at radius 3 is 2.43 bits per heavy atom. The summed E-state index contributed by atoms with van der Waals surface area (Å²) in [6.07, 6.45) is 1.65. The van der Waals surface area contributed by atoms with E-state index in [4.69, 9.17) is 0 Å². The van der Waals surface area contributed by atoms with E-state index in [1.807, 2.05) is 13.0 Å². The second kappa shape index (κ2) is 13.0. The predicted molar refractivity (Wildman–Crippen MR) is 138 cm³/mol. The number of nitrogens with one attached hydrogen (secondary N) is 1. The molecule has 2 heterocycles. The molecule has 2 aromatic carbocycles. The Bertz CT molecular complexity index is 1160. The number of halogens is 4. The van der Waals surface area contributed by atoms with Gasteiger partial charge in [0, 0.05) is 31.0 Å². The number of alkyl halides is 3. The Kier molecular flexibility index (Phi) is 9.99. The number of hydrogen-bond donors (Lipinski definition) is 1. The molecule has 1 aliphatic heterocycles. The third kappa shape index (κ3) is 8.22. The Labute approximate surface area is 217 Å². The molecule has 0 bridgehead atoms. The van der Waals surface area contributed by atoms with Crippen molar-refractivity contribution < 1.29 is 21.8 Å². The van der Waals surface area contributed by atoms with E-state index in [1.165, 1.54) is 30.7 Å². The van der Waals surface area contributed by atoms with Crippen molar-refractivity contribution in [2.45, 2.75) is 43.3 Å². The predicted octanol–water partition coefficient (Wildman–Crippen LogP) is 5.55. The number of rotatable bonds is 6. The lowest BCUT2D eigenvalue weighted by atomic mass is 10.0. The molecule has 37 heavy (non-hydrogen) atoms. The summed E-state index contributed by atoms with van der Waals surface area (Å²) in [6.45, 7) is 3.68. The third-order valence-corrected chi connectivity index (χ3v) is 7.20. The van der Waals surface area contributed by atoms with Gasteiger partial charge < -0.3 is 9.80 Å². The van der Waals surface area contributed by atoms with Gasteiger partial charge in [0.05, 0.1) is 10.5 Å². The summed E-state index contributed by atoms with van der Waals surface area (Å²) < 4.78 is 65.6. The van der Waals surface area contributed by atoms with Crippen LogP contribution in [0.4, 0.5) is 29.1 Å². The maximum absolute atomic E-state index is 14.5. The second-order valence-corrected chi connectivity index (χ2v) is 10.0. The molecule has 4 rings (SSSR count). The van der Waals surface area contributed by atoms with Crippen molar-refractivity contribution >= 4 is 22.5 Å². The van der Waals surface area contributed by atoms with Crippen molar-refractivity contribution in [2.24, 2.45) is 0 Å². The van der Waals surface area contributed by atoms with Crippen molar-refractivity contribution in [1.29, 1.82) is 0 Å². The molecule has 0 saturated carbocycles. The normalized spacial score (nSPS) is 16.6. The van der Waals surface area contributed by atoms with Crippen LogP contribution in [0.5, 0.6) is 0 Å². The van der Waals surface area contributed by atoms with E-state index in [9.17, 15) is 21.8 Å². The number of benzene rings is 2. The highest BCUT2D eigenvalue weighted by Gasteiger charge is 2.29. The van der Waals surface area contributed by atoms with E-state index in [-0.39, 0.29) is 4.90 Å². The number of anilines is 2.